The number of rotatable bonds is 6. The van der Waals surface area contributed by atoms with Crippen LogP contribution in [0.3, 0.4) is 0 Å². The van der Waals surface area contributed by atoms with E-state index in [4.69, 9.17) is 10.2 Å². The van der Waals surface area contributed by atoms with Gasteiger partial charge in [-0.1, -0.05) is 0 Å². The molecule has 3 N–H and O–H groups in total. The summed E-state index contributed by atoms with van der Waals surface area (Å²) in [7, 11) is 0. The van der Waals surface area contributed by atoms with Crippen molar-refractivity contribution in [3.63, 3.8) is 0 Å². The van der Waals surface area contributed by atoms with Crippen LogP contribution in [0, 0.1) is 23.1 Å². The summed E-state index contributed by atoms with van der Waals surface area (Å²) in [6.45, 7) is 1.78. The van der Waals surface area contributed by atoms with Crippen LogP contribution in [0.2, 0.25) is 0 Å². The monoisotopic (exact) mass is 409 g/mol. The van der Waals surface area contributed by atoms with Crippen molar-refractivity contribution < 1.29 is 13.6 Å². The van der Waals surface area contributed by atoms with Crippen LogP contribution in [0.15, 0.2) is 47.3 Å². The van der Waals surface area contributed by atoms with Crippen LogP contribution in [0.1, 0.15) is 28.7 Å². The summed E-state index contributed by atoms with van der Waals surface area (Å²) < 4.78 is 20.1. The molecule has 1 amide bonds. The number of nitrogens with two attached hydrogens (primary N) is 1. The van der Waals surface area contributed by atoms with Gasteiger partial charge in [-0.25, -0.2) is 9.37 Å². The number of primary amides is 1. The summed E-state index contributed by atoms with van der Waals surface area (Å²) in [4.78, 5) is 18.2. The number of benzene rings is 1. The average Bonchev–Trinajstić information content (AvgIpc) is 3.40. The molecule has 0 bridgehead atoms. The van der Waals surface area contributed by atoms with E-state index in [1.165, 1.54) is 30.5 Å². The van der Waals surface area contributed by atoms with E-state index >= 15 is 0 Å². The highest BCUT2D eigenvalue weighted by atomic mass is 19.1. The fraction of sp³-hybridized carbons (Fsp3) is 0.300. The fourth-order valence-electron chi connectivity index (χ4n) is 3.59. The number of piperidine rings is 1. The van der Waals surface area contributed by atoms with Crippen molar-refractivity contribution >= 4 is 17.4 Å². The molecule has 0 spiro atoms. The standard InChI is InChI=1S/C20H20FN7O2/c21-14-1-3-15(4-2-14)25-20-16(19(23)29)10-28(26-20)17-11-27(7-5-13(17)9-22)12-18-24-6-8-30-18/h1-4,6,8,10,13,17H,5,7,11-12H2,(H2,23,29)(H,25,26)/t13-,17+/m0/s1. The number of amides is 1. The molecular formula is C20H20FN7O2. The highest BCUT2D eigenvalue weighted by Gasteiger charge is 2.33. The van der Waals surface area contributed by atoms with Gasteiger partial charge < -0.3 is 15.5 Å². The molecule has 1 fully saturated rings. The second kappa shape index (κ2) is 8.34. The number of anilines is 2. The van der Waals surface area contributed by atoms with Crippen LogP contribution in [0.4, 0.5) is 15.9 Å². The highest BCUT2D eigenvalue weighted by Crippen LogP contribution is 2.30. The van der Waals surface area contributed by atoms with Gasteiger partial charge in [0.1, 0.15) is 17.6 Å². The normalized spacial score (nSPS) is 19.3. The van der Waals surface area contributed by atoms with Crippen LogP contribution < -0.4 is 11.1 Å². The van der Waals surface area contributed by atoms with Gasteiger partial charge in [-0.2, -0.15) is 10.4 Å². The van der Waals surface area contributed by atoms with Gasteiger partial charge in [0.2, 0.25) is 5.89 Å². The molecule has 0 unspecified atom stereocenters. The van der Waals surface area contributed by atoms with E-state index in [0.29, 0.717) is 31.1 Å². The fourth-order valence-corrected chi connectivity index (χ4v) is 3.59. The number of nitriles is 1. The number of hydrogen-bond acceptors (Lipinski definition) is 7. The molecule has 0 aliphatic carbocycles. The maximum absolute atomic E-state index is 13.2. The minimum absolute atomic E-state index is 0.195. The molecule has 9 nitrogen and oxygen atoms in total. The molecule has 0 saturated carbocycles. The number of oxazole rings is 1. The van der Waals surface area contributed by atoms with E-state index in [2.05, 4.69) is 26.4 Å². The number of carbonyl (C=O) groups excluding carboxylic acids is 1. The molecule has 1 aliphatic rings. The predicted molar refractivity (Wildman–Crippen MR) is 105 cm³/mol. The van der Waals surface area contributed by atoms with Gasteiger partial charge in [-0.15, -0.1) is 0 Å². The molecule has 3 heterocycles. The molecule has 10 heteroatoms. The van der Waals surface area contributed by atoms with Gasteiger partial charge in [0, 0.05) is 25.0 Å². The van der Waals surface area contributed by atoms with Gasteiger partial charge in [-0.3, -0.25) is 14.4 Å². The van der Waals surface area contributed by atoms with Gasteiger partial charge in [0.15, 0.2) is 5.82 Å². The number of nitrogens with one attached hydrogen (secondary N) is 1. The highest BCUT2D eigenvalue weighted by molar-refractivity contribution is 5.98. The second-order valence-corrected chi connectivity index (χ2v) is 7.12. The lowest BCUT2D eigenvalue weighted by molar-refractivity contribution is 0.1000. The van der Waals surface area contributed by atoms with Crippen LogP contribution in [0.25, 0.3) is 0 Å². The topological polar surface area (TPSA) is 126 Å². The minimum atomic E-state index is -0.646. The Labute approximate surface area is 171 Å². The number of likely N-dealkylation sites (tertiary alicyclic amines) is 1. The molecule has 1 aliphatic heterocycles. The number of hydrogen-bond donors (Lipinski definition) is 2. The maximum Gasteiger partial charge on any atom is 0.254 e. The third-order valence-electron chi connectivity index (χ3n) is 5.12. The van der Waals surface area contributed by atoms with Crippen molar-refractivity contribution in [2.75, 3.05) is 18.4 Å². The first-order valence-electron chi connectivity index (χ1n) is 9.45. The first-order chi connectivity index (χ1) is 14.5. The smallest absolute Gasteiger partial charge is 0.254 e. The molecule has 0 radical (unpaired) electrons. The van der Waals surface area contributed by atoms with Crippen molar-refractivity contribution in [3.8, 4) is 6.07 Å². The summed E-state index contributed by atoms with van der Waals surface area (Å²) in [6, 6.07) is 7.74. The summed E-state index contributed by atoms with van der Waals surface area (Å²) in [6.07, 6.45) is 5.32. The Hall–Kier alpha value is -3.71. The lowest BCUT2D eigenvalue weighted by Gasteiger charge is -2.35. The molecule has 154 valence electrons. The number of halogens is 1. The number of aromatic nitrogens is 3. The molecule has 2 atom stereocenters. The summed E-state index contributed by atoms with van der Waals surface area (Å²) in [5.41, 5.74) is 6.29. The summed E-state index contributed by atoms with van der Waals surface area (Å²) in [5, 5.41) is 17.1. The molecule has 1 aromatic carbocycles. The lowest BCUT2D eigenvalue weighted by Crippen LogP contribution is -2.41. The van der Waals surface area contributed by atoms with Crippen LogP contribution in [-0.4, -0.2) is 38.7 Å². The zero-order chi connectivity index (χ0) is 21.1. The Balaban J connectivity index is 1.59. The van der Waals surface area contributed by atoms with E-state index in [1.807, 2.05) is 0 Å². The van der Waals surface area contributed by atoms with Gasteiger partial charge >= 0.3 is 0 Å². The second-order valence-electron chi connectivity index (χ2n) is 7.12. The molecule has 1 saturated heterocycles. The quantitative estimate of drug-likeness (QED) is 0.640. The zero-order valence-electron chi connectivity index (χ0n) is 16.0. The third kappa shape index (κ3) is 4.16. The van der Waals surface area contributed by atoms with E-state index < -0.39 is 5.91 Å². The SMILES string of the molecule is N#C[C@@H]1CCN(Cc2ncco2)C[C@H]1n1cc(C(N)=O)c(Nc2ccc(F)cc2)n1. The van der Waals surface area contributed by atoms with E-state index in [0.717, 1.165) is 6.54 Å². The van der Waals surface area contributed by atoms with Crippen LogP contribution >= 0.6 is 0 Å². The molecule has 4 rings (SSSR count). The van der Waals surface area contributed by atoms with E-state index in [-0.39, 0.29) is 29.2 Å². The number of carbonyl (C=O) groups is 1. The Morgan fingerprint density at radius 3 is 2.87 bits per heavy atom. The van der Waals surface area contributed by atoms with Gasteiger partial charge in [0.25, 0.3) is 5.91 Å². The van der Waals surface area contributed by atoms with Crippen molar-refractivity contribution in [1.29, 1.82) is 5.26 Å². The molecule has 30 heavy (non-hydrogen) atoms. The Morgan fingerprint density at radius 2 is 2.20 bits per heavy atom. The predicted octanol–water partition coefficient (Wildman–Crippen LogP) is 2.44. The summed E-state index contributed by atoms with van der Waals surface area (Å²) in [5.74, 6) is -0.430. The van der Waals surface area contributed by atoms with Crippen LogP contribution in [-0.2, 0) is 6.54 Å². The Bertz CT molecular complexity index is 1060. The molecule has 2 aromatic heterocycles. The van der Waals surface area contributed by atoms with Crippen LogP contribution in [0.5, 0.6) is 0 Å². The van der Waals surface area contributed by atoms with Crippen molar-refractivity contribution in [2.24, 2.45) is 11.7 Å². The van der Waals surface area contributed by atoms with Crippen molar-refractivity contribution in [3.05, 3.63) is 60.2 Å². The first-order valence-corrected chi connectivity index (χ1v) is 9.45. The van der Waals surface area contributed by atoms with Crippen molar-refractivity contribution in [1.82, 2.24) is 19.7 Å². The average molecular weight is 409 g/mol. The summed E-state index contributed by atoms with van der Waals surface area (Å²) >= 11 is 0. The molecule has 3 aromatic rings. The molecular weight excluding hydrogens is 389 g/mol. The zero-order valence-corrected chi connectivity index (χ0v) is 16.0. The van der Waals surface area contributed by atoms with E-state index in [1.54, 1.807) is 17.1 Å². The first kappa shape index (κ1) is 19.6. The number of nitrogens with zero attached hydrogens (tertiary/aromatic N) is 5. The maximum atomic E-state index is 13.2. The Morgan fingerprint density at radius 1 is 1.40 bits per heavy atom. The van der Waals surface area contributed by atoms with E-state index in [9.17, 15) is 14.4 Å². The van der Waals surface area contributed by atoms with Crippen molar-refractivity contribution in [2.45, 2.75) is 19.0 Å². The Kier molecular flexibility index (Phi) is 5.45. The largest absolute Gasteiger partial charge is 0.448 e. The van der Waals surface area contributed by atoms with Gasteiger partial charge in [0.05, 0.1) is 30.8 Å². The van der Waals surface area contributed by atoms with Gasteiger partial charge in [-0.05, 0) is 30.7 Å². The lowest BCUT2D eigenvalue weighted by atomic mass is 9.93. The minimum Gasteiger partial charge on any atom is -0.448 e. The third-order valence-corrected chi connectivity index (χ3v) is 5.12.